The van der Waals surface area contributed by atoms with Gasteiger partial charge in [-0.3, -0.25) is 4.79 Å². The predicted octanol–water partition coefficient (Wildman–Crippen LogP) is 6.76. The van der Waals surface area contributed by atoms with Crippen molar-refractivity contribution >= 4 is 14.1 Å². The molecule has 2 bridgehead atoms. The number of rotatable bonds is 3. The summed E-state index contributed by atoms with van der Waals surface area (Å²) in [6, 6.07) is 0. The minimum absolute atomic E-state index is 0.0906. The molecule has 4 rings (SSSR count). The maximum absolute atomic E-state index is 12.2. The highest BCUT2D eigenvalue weighted by molar-refractivity contribution is 6.74. The van der Waals surface area contributed by atoms with Crippen molar-refractivity contribution in [3.05, 3.63) is 11.6 Å². The molecule has 27 heavy (non-hydrogen) atoms. The Morgan fingerprint density at radius 1 is 1.15 bits per heavy atom. The molecule has 3 fully saturated rings. The van der Waals surface area contributed by atoms with Crippen LogP contribution in [-0.4, -0.2) is 20.2 Å². The number of ketones is 1. The SMILES string of the molecule is CC1=C[C@@](C)([C@@]2(C)C[C@H](O[Si](C)(C)C(C)(C)C)[C@@H]3C[C@H]2C3(C)C)CCC1=O. The van der Waals surface area contributed by atoms with Gasteiger partial charge in [-0.05, 0) is 78.0 Å². The van der Waals surface area contributed by atoms with E-state index in [0.717, 1.165) is 24.3 Å². The first-order valence-electron chi connectivity index (χ1n) is 11.0. The topological polar surface area (TPSA) is 26.3 Å². The van der Waals surface area contributed by atoms with E-state index in [1.54, 1.807) is 0 Å². The van der Waals surface area contributed by atoms with E-state index in [0.29, 0.717) is 29.6 Å². The molecule has 0 unspecified atom stereocenters. The third-order valence-corrected chi connectivity index (χ3v) is 14.1. The van der Waals surface area contributed by atoms with E-state index < -0.39 is 8.32 Å². The predicted molar refractivity (Wildman–Crippen MR) is 116 cm³/mol. The lowest BCUT2D eigenvalue weighted by atomic mass is 9.35. The number of Topliss-reactive ketones (excluding diaryl/α,β-unsaturated/α-hetero) is 1. The highest BCUT2D eigenvalue weighted by Gasteiger charge is 2.68. The molecule has 0 aromatic rings. The van der Waals surface area contributed by atoms with Crippen LogP contribution in [0.4, 0.5) is 0 Å². The van der Waals surface area contributed by atoms with E-state index >= 15 is 0 Å². The molecule has 0 aromatic heterocycles. The molecular formula is C24H42O2Si. The third-order valence-electron chi connectivity index (χ3n) is 9.59. The number of fused-ring (bicyclic) bond motifs is 2. The fraction of sp³-hybridized carbons (Fsp3) is 0.875. The number of carbonyl (C=O) groups excluding carboxylic acids is 1. The van der Waals surface area contributed by atoms with Crippen molar-refractivity contribution in [3.63, 3.8) is 0 Å². The summed E-state index contributed by atoms with van der Waals surface area (Å²) in [6.07, 6.45) is 6.82. The first kappa shape index (κ1) is 21.3. The average Bonchev–Trinajstić information content (AvgIpc) is 2.48. The lowest BCUT2D eigenvalue weighted by molar-refractivity contribution is -0.232. The molecule has 0 N–H and O–H groups in total. The van der Waals surface area contributed by atoms with Crippen molar-refractivity contribution < 1.29 is 9.22 Å². The summed E-state index contributed by atoms with van der Waals surface area (Å²) in [7, 11) is -1.80. The van der Waals surface area contributed by atoms with Gasteiger partial charge >= 0.3 is 0 Å². The molecule has 3 saturated carbocycles. The molecule has 0 amide bonds. The van der Waals surface area contributed by atoms with Gasteiger partial charge in [0.15, 0.2) is 14.1 Å². The second-order valence-corrected chi connectivity index (χ2v) is 17.2. The normalized spacial score (nSPS) is 41.8. The Bertz CT molecular complexity index is 668. The maximum Gasteiger partial charge on any atom is 0.192 e. The number of carbonyl (C=O) groups is 1. The van der Waals surface area contributed by atoms with Crippen LogP contribution < -0.4 is 0 Å². The van der Waals surface area contributed by atoms with E-state index in [1.165, 1.54) is 6.42 Å². The molecule has 4 aliphatic carbocycles. The average molecular weight is 391 g/mol. The van der Waals surface area contributed by atoms with Crippen LogP contribution in [0.25, 0.3) is 0 Å². The van der Waals surface area contributed by atoms with Crippen LogP contribution >= 0.6 is 0 Å². The van der Waals surface area contributed by atoms with Crippen molar-refractivity contribution in [1.29, 1.82) is 0 Å². The summed E-state index contributed by atoms with van der Waals surface area (Å²) < 4.78 is 7.06. The summed E-state index contributed by atoms with van der Waals surface area (Å²) in [5.74, 6) is 1.74. The van der Waals surface area contributed by atoms with E-state index in [-0.39, 0.29) is 15.9 Å². The van der Waals surface area contributed by atoms with Gasteiger partial charge in [-0.1, -0.05) is 54.5 Å². The molecule has 4 aliphatic rings. The number of hydrogen-bond acceptors (Lipinski definition) is 2. The minimum atomic E-state index is -1.80. The van der Waals surface area contributed by atoms with E-state index in [1.807, 2.05) is 6.92 Å². The molecule has 154 valence electrons. The van der Waals surface area contributed by atoms with Crippen molar-refractivity contribution in [3.8, 4) is 0 Å². The standard InChI is InChI=1S/C24H42O2Si/c1-16-14-23(7,12-11-18(16)25)24(8)15-19(17-13-20(24)22(17,5)6)26-27(9,10)21(2,3)4/h14,17,19-20H,11-13,15H2,1-10H3/t17-,19-,20-,23-,24-/m0/s1. The summed E-state index contributed by atoms with van der Waals surface area (Å²) in [4.78, 5) is 12.2. The Morgan fingerprint density at radius 3 is 2.22 bits per heavy atom. The first-order valence-corrected chi connectivity index (χ1v) is 13.9. The summed E-state index contributed by atoms with van der Waals surface area (Å²) in [5, 5.41) is 0.242. The van der Waals surface area contributed by atoms with Crippen LogP contribution in [0.2, 0.25) is 18.1 Å². The number of allylic oxidation sites excluding steroid dienone is 2. The number of hydrogen-bond donors (Lipinski definition) is 0. The molecular weight excluding hydrogens is 348 g/mol. The Morgan fingerprint density at radius 2 is 1.74 bits per heavy atom. The lowest BCUT2D eigenvalue weighted by Crippen LogP contribution is -2.68. The molecule has 0 aliphatic heterocycles. The van der Waals surface area contributed by atoms with Gasteiger partial charge in [-0.2, -0.15) is 0 Å². The van der Waals surface area contributed by atoms with E-state index in [2.05, 4.69) is 67.6 Å². The van der Waals surface area contributed by atoms with Crippen molar-refractivity contribution in [2.24, 2.45) is 28.1 Å². The van der Waals surface area contributed by atoms with E-state index in [9.17, 15) is 4.79 Å². The van der Waals surface area contributed by atoms with Gasteiger partial charge in [0.25, 0.3) is 0 Å². The summed E-state index contributed by atoms with van der Waals surface area (Å²) in [5.41, 5.74) is 1.59. The van der Waals surface area contributed by atoms with Gasteiger partial charge < -0.3 is 4.43 Å². The Labute approximate surface area is 168 Å². The Balaban J connectivity index is 1.97. The van der Waals surface area contributed by atoms with Crippen LogP contribution in [0.3, 0.4) is 0 Å². The molecule has 0 saturated heterocycles. The zero-order valence-corrected chi connectivity index (χ0v) is 20.5. The molecule has 5 atom stereocenters. The maximum atomic E-state index is 12.2. The second-order valence-electron chi connectivity index (χ2n) is 12.4. The Hall–Kier alpha value is -0.413. The van der Waals surface area contributed by atoms with Crippen molar-refractivity contribution in [2.75, 3.05) is 0 Å². The van der Waals surface area contributed by atoms with Crippen LogP contribution in [0.15, 0.2) is 11.6 Å². The van der Waals surface area contributed by atoms with Crippen LogP contribution in [0, 0.1) is 28.1 Å². The van der Waals surface area contributed by atoms with E-state index in [4.69, 9.17) is 4.43 Å². The largest absolute Gasteiger partial charge is 0.414 e. The van der Waals surface area contributed by atoms with Gasteiger partial charge in [-0.15, -0.1) is 0 Å². The van der Waals surface area contributed by atoms with Gasteiger partial charge in [0.1, 0.15) is 0 Å². The Kier molecular flexibility index (Phi) is 4.77. The van der Waals surface area contributed by atoms with Gasteiger partial charge in [0.05, 0.1) is 0 Å². The zero-order chi connectivity index (χ0) is 20.6. The lowest BCUT2D eigenvalue weighted by Gasteiger charge is -2.71. The molecule has 0 aromatic carbocycles. The van der Waals surface area contributed by atoms with Gasteiger partial charge in [0.2, 0.25) is 0 Å². The molecule has 2 nitrogen and oxygen atoms in total. The van der Waals surface area contributed by atoms with Gasteiger partial charge in [-0.25, -0.2) is 0 Å². The quantitative estimate of drug-likeness (QED) is 0.497. The molecule has 0 heterocycles. The van der Waals surface area contributed by atoms with Gasteiger partial charge in [0, 0.05) is 12.5 Å². The van der Waals surface area contributed by atoms with Crippen LogP contribution in [0.1, 0.15) is 81.1 Å². The third kappa shape index (κ3) is 3.03. The van der Waals surface area contributed by atoms with Crippen molar-refractivity contribution in [2.45, 2.75) is 105 Å². The highest BCUT2D eigenvalue weighted by atomic mass is 28.4. The fourth-order valence-electron chi connectivity index (χ4n) is 6.34. The summed E-state index contributed by atoms with van der Waals surface area (Å²) >= 11 is 0. The highest BCUT2D eigenvalue weighted by Crippen LogP contribution is 2.72. The fourth-order valence-corrected chi connectivity index (χ4v) is 7.69. The summed E-state index contributed by atoms with van der Waals surface area (Å²) in [6.45, 7) is 23.7. The molecule has 0 radical (unpaired) electrons. The molecule has 0 spiro atoms. The first-order chi connectivity index (χ1) is 12.1. The van der Waals surface area contributed by atoms with Crippen LogP contribution in [-0.2, 0) is 9.22 Å². The zero-order valence-electron chi connectivity index (χ0n) is 19.5. The van der Waals surface area contributed by atoms with Crippen molar-refractivity contribution in [1.82, 2.24) is 0 Å². The minimum Gasteiger partial charge on any atom is -0.414 e. The molecule has 3 heteroatoms. The second kappa shape index (κ2) is 6.04. The van der Waals surface area contributed by atoms with Crippen LogP contribution in [0.5, 0.6) is 0 Å². The smallest absolute Gasteiger partial charge is 0.192 e. The monoisotopic (exact) mass is 390 g/mol.